The van der Waals surface area contributed by atoms with Crippen molar-refractivity contribution in [1.29, 1.82) is 0 Å². The molecule has 1 amide bonds. The van der Waals surface area contributed by atoms with Gasteiger partial charge in [0.1, 0.15) is 0 Å². The first-order chi connectivity index (χ1) is 16.3. The van der Waals surface area contributed by atoms with Crippen LogP contribution in [0.5, 0.6) is 5.88 Å². The van der Waals surface area contributed by atoms with Gasteiger partial charge in [0.05, 0.1) is 30.1 Å². The number of amides is 1. The van der Waals surface area contributed by atoms with Gasteiger partial charge in [0.2, 0.25) is 5.88 Å². The quantitative estimate of drug-likeness (QED) is 0.483. The van der Waals surface area contributed by atoms with Crippen molar-refractivity contribution in [3.05, 3.63) is 53.3 Å². The van der Waals surface area contributed by atoms with Crippen LogP contribution in [0.3, 0.4) is 0 Å². The Hall–Kier alpha value is -3.72. The summed E-state index contributed by atoms with van der Waals surface area (Å²) in [5.41, 5.74) is 4.70. The van der Waals surface area contributed by atoms with Crippen molar-refractivity contribution in [2.75, 3.05) is 30.4 Å². The van der Waals surface area contributed by atoms with E-state index in [0.717, 1.165) is 41.1 Å². The van der Waals surface area contributed by atoms with Gasteiger partial charge in [-0.05, 0) is 57.5 Å². The molecule has 1 saturated heterocycles. The standard InChI is InChI=1S/C25H29N7O2/c1-14-10-21(30-32-13-17(4)27-24(14)32)28-25(33)19-6-8-20(31-11-15(2)26-16(3)12-31)18-7-9-22(34-5)29-23(18)19/h6-10,13,15-16,26H,11-12H2,1-5H3,(H,28,30,33)/t15-,16-/m1/s1. The molecular formula is C25H29N7O2. The van der Waals surface area contributed by atoms with Gasteiger partial charge < -0.3 is 20.3 Å². The molecule has 3 aromatic heterocycles. The molecule has 34 heavy (non-hydrogen) atoms. The number of pyridine rings is 1. The lowest BCUT2D eigenvalue weighted by atomic mass is 10.0. The van der Waals surface area contributed by atoms with E-state index >= 15 is 0 Å². The lowest BCUT2D eigenvalue weighted by Gasteiger charge is -2.38. The van der Waals surface area contributed by atoms with Gasteiger partial charge in [0.15, 0.2) is 11.5 Å². The maximum absolute atomic E-state index is 13.4. The molecule has 2 atom stereocenters. The predicted molar refractivity (Wildman–Crippen MR) is 133 cm³/mol. The lowest BCUT2D eigenvalue weighted by Crippen LogP contribution is -2.54. The number of aromatic nitrogens is 4. The van der Waals surface area contributed by atoms with Crippen LogP contribution >= 0.6 is 0 Å². The zero-order valence-corrected chi connectivity index (χ0v) is 20.1. The molecule has 1 fully saturated rings. The average Bonchev–Trinajstić information content (AvgIpc) is 3.18. The Morgan fingerprint density at radius 3 is 2.62 bits per heavy atom. The van der Waals surface area contributed by atoms with Crippen molar-refractivity contribution in [3.8, 4) is 5.88 Å². The molecule has 1 aromatic carbocycles. The van der Waals surface area contributed by atoms with Gasteiger partial charge in [-0.25, -0.2) is 14.5 Å². The topological polar surface area (TPSA) is 96.7 Å². The second-order valence-corrected chi connectivity index (χ2v) is 9.07. The number of fused-ring (bicyclic) bond motifs is 2. The molecule has 1 aliphatic rings. The summed E-state index contributed by atoms with van der Waals surface area (Å²) < 4.78 is 7.06. The summed E-state index contributed by atoms with van der Waals surface area (Å²) in [4.78, 5) is 24.9. The van der Waals surface area contributed by atoms with Gasteiger partial charge in [0, 0.05) is 42.3 Å². The van der Waals surface area contributed by atoms with Gasteiger partial charge in [0.25, 0.3) is 5.91 Å². The summed E-state index contributed by atoms with van der Waals surface area (Å²) in [6, 6.07) is 10.2. The van der Waals surface area contributed by atoms with E-state index < -0.39 is 0 Å². The zero-order chi connectivity index (χ0) is 24.0. The highest BCUT2D eigenvalue weighted by atomic mass is 16.5. The third-order valence-corrected chi connectivity index (χ3v) is 6.13. The minimum Gasteiger partial charge on any atom is -0.481 e. The summed E-state index contributed by atoms with van der Waals surface area (Å²) in [6.45, 7) is 9.99. The Morgan fingerprint density at radius 2 is 1.88 bits per heavy atom. The minimum absolute atomic E-state index is 0.276. The fourth-order valence-corrected chi connectivity index (χ4v) is 4.77. The fraction of sp³-hybridized carbons (Fsp3) is 0.360. The number of piperazine rings is 1. The molecule has 0 unspecified atom stereocenters. The second-order valence-electron chi connectivity index (χ2n) is 9.07. The highest BCUT2D eigenvalue weighted by molar-refractivity contribution is 6.13. The summed E-state index contributed by atoms with van der Waals surface area (Å²) in [7, 11) is 1.58. The van der Waals surface area contributed by atoms with Crippen LogP contribution in [0.15, 0.2) is 36.5 Å². The molecule has 2 N–H and O–H groups in total. The van der Waals surface area contributed by atoms with Crippen LogP contribution in [0.2, 0.25) is 0 Å². The molecule has 0 spiro atoms. The van der Waals surface area contributed by atoms with Crippen molar-refractivity contribution >= 4 is 34.0 Å². The normalized spacial score (nSPS) is 18.4. The van der Waals surface area contributed by atoms with E-state index in [-0.39, 0.29) is 5.91 Å². The Morgan fingerprint density at radius 1 is 1.12 bits per heavy atom. The minimum atomic E-state index is -0.276. The van der Waals surface area contributed by atoms with Gasteiger partial charge in [-0.3, -0.25) is 4.79 Å². The number of nitrogens with one attached hydrogen (secondary N) is 2. The maximum atomic E-state index is 13.4. The molecular weight excluding hydrogens is 430 g/mol. The molecule has 0 saturated carbocycles. The van der Waals surface area contributed by atoms with Crippen LogP contribution in [-0.4, -0.2) is 57.8 Å². The van der Waals surface area contributed by atoms with Crippen molar-refractivity contribution in [2.45, 2.75) is 39.8 Å². The number of aryl methyl sites for hydroxylation is 2. The number of ether oxygens (including phenoxy) is 1. The van der Waals surface area contributed by atoms with E-state index in [9.17, 15) is 4.79 Å². The fourth-order valence-electron chi connectivity index (χ4n) is 4.77. The Labute approximate surface area is 198 Å². The zero-order valence-electron chi connectivity index (χ0n) is 20.1. The van der Waals surface area contributed by atoms with Gasteiger partial charge in [-0.2, -0.15) is 0 Å². The Bertz CT molecular complexity index is 1390. The van der Waals surface area contributed by atoms with E-state index in [4.69, 9.17) is 4.74 Å². The first-order valence-electron chi connectivity index (χ1n) is 11.5. The Balaban J connectivity index is 1.54. The summed E-state index contributed by atoms with van der Waals surface area (Å²) in [5, 5.41) is 11.9. The average molecular weight is 460 g/mol. The molecule has 9 nitrogen and oxygen atoms in total. The number of benzene rings is 1. The van der Waals surface area contributed by atoms with E-state index in [0.29, 0.717) is 34.9 Å². The molecule has 0 radical (unpaired) electrons. The largest absolute Gasteiger partial charge is 0.481 e. The first kappa shape index (κ1) is 22.1. The summed E-state index contributed by atoms with van der Waals surface area (Å²) in [5.74, 6) is 0.643. The molecule has 4 aromatic rings. The van der Waals surface area contributed by atoms with E-state index in [2.05, 4.69) is 44.4 Å². The van der Waals surface area contributed by atoms with Crippen LogP contribution in [0.4, 0.5) is 11.5 Å². The molecule has 1 aliphatic heterocycles. The number of carbonyl (C=O) groups excluding carboxylic acids is 1. The second kappa shape index (κ2) is 8.57. The number of hydrogen-bond acceptors (Lipinski definition) is 7. The highest BCUT2D eigenvalue weighted by Crippen LogP contribution is 2.32. The maximum Gasteiger partial charge on any atom is 0.259 e. The molecule has 4 heterocycles. The van der Waals surface area contributed by atoms with Crippen molar-refractivity contribution in [1.82, 2.24) is 24.9 Å². The number of methoxy groups -OCH3 is 1. The number of anilines is 2. The van der Waals surface area contributed by atoms with E-state index in [1.165, 1.54) is 0 Å². The number of rotatable bonds is 4. The van der Waals surface area contributed by atoms with Gasteiger partial charge in [-0.1, -0.05) is 0 Å². The molecule has 176 valence electrons. The lowest BCUT2D eigenvalue weighted by molar-refractivity contribution is 0.102. The van der Waals surface area contributed by atoms with Crippen LogP contribution in [0.25, 0.3) is 16.6 Å². The highest BCUT2D eigenvalue weighted by Gasteiger charge is 2.24. The number of nitrogens with zero attached hydrogens (tertiary/aromatic N) is 5. The van der Waals surface area contributed by atoms with Crippen LogP contribution in [-0.2, 0) is 0 Å². The third kappa shape index (κ3) is 4.03. The van der Waals surface area contributed by atoms with Crippen molar-refractivity contribution < 1.29 is 9.53 Å². The SMILES string of the molecule is COc1ccc2c(N3C[C@@H](C)N[C@H](C)C3)ccc(C(=O)Nc3cc(C)c4nc(C)cn4n3)c2n1. The Kier molecular flexibility index (Phi) is 5.57. The van der Waals surface area contributed by atoms with Crippen molar-refractivity contribution in [2.24, 2.45) is 0 Å². The van der Waals surface area contributed by atoms with Crippen molar-refractivity contribution in [3.63, 3.8) is 0 Å². The predicted octanol–water partition coefficient (Wildman–Crippen LogP) is 3.34. The van der Waals surface area contributed by atoms with E-state index in [1.807, 2.05) is 50.4 Å². The van der Waals surface area contributed by atoms with Crippen LogP contribution in [0, 0.1) is 13.8 Å². The first-order valence-corrected chi connectivity index (χ1v) is 11.5. The number of hydrogen-bond donors (Lipinski definition) is 2. The smallest absolute Gasteiger partial charge is 0.259 e. The molecule has 0 bridgehead atoms. The van der Waals surface area contributed by atoms with Gasteiger partial charge in [-0.15, -0.1) is 5.10 Å². The van der Waals surface area contributed by atoms with Crippen LogP contribution in [0.1, 0.15) is 35.5 Å². The monoisotopic (exact) mass is 459 g/mol. The number of imidazole rings is 1. The summed E-state index contributed by atoms with van der Waals surface area (Å²) >= 11 is 0. The molecule has 9 heteroatoms. The molecule has 0 aliphatic carbocycles. The van der Waals surface area contributed by atoms with E-state index in [1.54, 1.807) is 11.6 Å². The van der Waals surface area contributed by atoms with Gasteiger partial charge >= 0.3 is 0 Å². The number of carbonyl (C=O) groups is 1. The van der Waals surface area contributed by atoms with Crippen LogP contribution < -0.4 is 20.3 Å². The summed E-state index contributed by atoms with van der Waals surface area (Å²) in [6.07, 6.45) is 1.84. The molecule has 5 rings (SSSR count). The third-order valence-electron chi connectivity index (χ3n) is 6.13.